The molecule has 8 heteroatoms. The van der Waals surface area contributed by atoms with Crippen LogP contribution in [0.4, 0.5) is 5.69 Å². The van der Waals surface area contributed by atoms with Gasteiger partial charge in [-0.05, 0) is 45.5 Å². The van der Waals surface area contributed by atoms with Gasteiger partial charge in [-0.25, -0.2) is 9.50 Å². The van der Waals surface area contributed by atoms with Crippen molar-refractivity contribution in [3.63, 3.8) is 0 Å². The van der Waals surface area contributed by atoms with Gasteiger partial charge in [-0.15, -0.1) is 0 Å². The van der Waals surface area contributed by atoms with Crippen molar-refractivity contribution in [2.75, 3.05) is 31.6 Å². The van der Waals surface area contributed by atoms with Crippen molar-refractivity contribution in [2.24, 2.45) is 0 Å². The van der Waals surface area contributed by atoms with Crippen LogP contribution in [0.5, 0.6) is 0 Å². The van der Waals surface area contributed by atoms with Crippen LogP contribution in [0.1, 0.15) is 25.2 Å². The first-order valence-electron chi connectivity index (χ1n) is 10.8. The summed E-state index contributed by atoms with van der Waals surface area (Å²) in [7, 11) is 2.15. The van der Waals surface area contributed by atoms with E-state index in [2.05, 4.69) is 46.8 Å². The van der Waals surface area contributed by atoms with E-state index in [1.54, 1.807) is 10.5 Å². The fourth-order valence-electron chi connectivity index (χ4n) is 4.26. The summed E-state index contributed by atoms with van der Waals surface area (Å²) in [5.74, 6) is 0. The Balaban J connectivity index is 1.55. The summed E-state index contributed by atoms with van der Waals surface area (Å²) in [5, 5.41) is 4.66. The van der Waals surface area contributed by atoms with Gasteiger partial charge in [0.2, 0.25) is 0 Å². The van der Waals surface area contributed by atoms with Crippen molar-refractivity contribution >= 4 is 16.9 Å². The zero-order valence-corrected chi connectivity index (χ0v) is 18.4. The second-order valence-corrected chi connectivity index (χ2v) is 8.41. The smallest absolute Gasteiger partial charge is 0.258 e. The molecule has 0 saturated carbocycles. The van der Waals surface area contributed by atoms with E-state index >= 15 is 0 Å². The minimum atomic E-state index is -0.105. The Hall–Kier alpha value is -3.26. The molecular formula is C23H27N7O. The van der Waals surface area contributed by atoms with Crippen molar-refractivity contribution in [1.82, 2.24) is 28.9 Å². The summed E-state index contributed by atoms with van der Waals surface area (Å²) < 4.78 is 3.46. The molecule has 4 aromatic rings. The van der Waals surface area contributed by atoms with E-state index in [9.17, 15) is 4.79 Å². The van der Waals surface area contributed by atoms with Crippen molar-refractivity contribution in [3.05, 3.63) is 58.4 Å². The largest absolute Gasteiger partial charge is 0.367 e. The van der Waals surface area contributed by atoms with Gasteiger partial charge in [0.25, 0.3) is 5.56 Å². The lowest BCUT2D eigenvalue weighted by atomic mass is 10.2. The van der Waals surface area contributed by atoms with E-state index < -0.39 is 0 Å². The van der Waals surface area contributed by atoms with E-state index in [0.29, 0.717) is 23.1 Å². The van der Waals surface area contributed by atoms with Gasteiger partial charge in [0.05, 0.1) is 34.5 Å². The minimum absolute atomic E-state index is 0.105. The maximum Gasteiger partial charge on any atom is 0.258 e. The van der Waals surface area contributed by atoms with Gasteiger partial charge in [-0.1, -0.05) is 6.92 Å². The molecule has 0 spiro atoms. The topological polar surface area (TPSA) is 71.0 Å². The van der Waals surface area contributed by atoms with Crippen molar-refractivity contribution < 1.29 is 0 Å². The van der Waals surface area contributed by atoms with Crippen LogP contribution in [-0.4, -0.2) is 61.6 Å². The predicted octanol–water partition coefficient (Wildman–Crippen LogP) is 2.42. The Morgan fingerprint density at radius 3 is 2.71 bits per heavy atom. The molecule has 0 N–H and O–H groups in total. The molecule has 0 radical (unpaired) electrons. The standard InChI is InChI=1S/C23H27N7O/c1-5-18-21-10-20(26-30(21)12-15(2)24-18)19-11-23(31)29-14-17(6-7-22(29)25-19)28-9-8-27(4)16(3)13-28/h6-7,10-12,14,16H,5,8-9,13H2,1-4H3. The molecule has 5 heterocycles. The number of pyridine rings is 1. The van der Waals surface area contributed by atoms with Gasteiger partial charge in [0.1, 0.15) is 11.3 Å². The molecule has 160 valence electrons. The summed E-state index contributed by atoms with van der Waals surface area (Å²) in [6.45, 7) is 9.15. The van der Waals surface area contributed by atoms with E-state index in [-0.39, 0.29) is 5.56 Å². The third-order valence-corrected chi connectivity index (χ3v) is 6.22. The number of piperazine rings is 1. The number of likely N-dealkylation sites (N-methyl/N-ethyl adjacent to an activating group) is 1. The van der Waals surface area contributed by atoms with Gasteiger partial charge in [0, 0.05) is 37.9 Å². The van der Waals surface area contributed by atoms with Gasteiger partial charge in [-0.2, -0.15) is 5.10 Å². The minimum Gasteiger partial charge on any atom is -0.367 e. The molecule has 1 fully saturated rings. The number of aryl methyl sites for hydroxylation is 2. The fraction of sp³-hybridized carbons (Fsp3) is 0.391. The summed E-state index contributed by atoms with van der Waals surface area (Å²) >= 11 is 0. The van der Waals surface area contributed by atoms with Crippen LogP contribution in [-0.2, 0) is 6.42 Å². The highest BCUT2D eigenvalue weighted by molar-refractivity contribution is 5.66. The Kier molecular flexibility index (Phi) is 4.74. The van der Waals surface area contributed by atoms with Crippen LogP contribution in [0.2, 0.25) is 0 Å². The van der Waals surface area contributed by atoms with Gasteiger partial charge in [-0.3, -0.25) is 14.2 Å². The van der Waals surface area contributed by atoms with Crippen LogP contribution in [0, 0.1) is 6.92 Å². The maximum absolute atomic E-state index is 13.0. The molecule has 0 bridgehead atoms. The molecule has 4 aromatic heterocycles. The first kappa shape index (κ1) is 19.7. The predicted molar refractivity (Wildman–Crippen MR) is 122 cm³/mol. The lowest BCUT2D eigenvalue weighted by Crippen LogP contribution is -2.50. The third-order valence-electron chi connectivity index (χ3n) is 6.22. The number of fused-ring (bicyclic) bond motifs is 2. The molecule has 0 aromatic carbocycles. The number of nitrogens with zero attached hydrogens (tertiary/aromatic N) is 7. The van der Waals surface area contributed by atoms with Crippen LogP contribution < -0.4 is 10.5 Å². The van der Waals surface area contributed by atoms with E-state index in [4.69, 9.17) is 4.98 Å². The van der Waals surface area contributed by atoms with E-state index in [1.807, 2.05) is 36.0 Å². The molecule has 8 nitrogen and oxygen atoms in total. The van der Waals surface area contributed by atoms with Crippen LogP contribution in [0.15, 0.2) is 41.5 Å². The number of rotatable bonds is 3. The van der Waals surface area contributed by atoms with Crippen molar-refractivity contribution in [3.8, 4) is 11.4 Å². The van der Waals surface area contributed by atoms with Crippen molar-refractivity contribution in [1.29, 1.82) is 0 Å². The van der Waals surface area contributed by atoms with Crippen LogP contribution in [0.25, 0.3) is 22.6 Å². The first-order chi connectivity index (χ1) is 14.9. The molecule has 1 unspecified atom stereocenters. The maximum atomic E-state index is 13.0. The fourth-order valence-corrected chi connectivity index (χ4v) is 4.26. The van der Waals surface area contributed by atoms with Gasteiger partial charge < -0.3 is 9.80 Å². The molecule has 0 aliphatic carbocycles. The quantitative estimate of drug-likeness (QED) is 0.510. The Morgan fingerprint density at radius 2 is 1.94 bits per heavy atom. The molecular weight excluding hydrogens is 390 g/mol. The highest BCUT2D eigenvalue weighted by Gasteiger charge is 2.21. The lowest BCUT2D eigenvalue weighted by Gasteiger charge is -2.39. The number of hydrogen-bond acceptors (Lipinski definition) is 6. The zero-order chi connectivity index (χ0) is 21.7. The zero-order valence-electron chi connectivity index (χ0n) is 18.4. The average Bonchev–Trinajstić information content (AvgIpc) is 3.19. The Bertz CT molecular complexity index is 1340. The summed E-state index contributed by atoms with van der Waals surface area (Å²) in [6.07, 6.45) is 4.62. The SMILES string of the molecule is CCc1nc(C)cn2nc(-c3cc(=O)n4cc(N5CCN(C)C(C)C5)ccc4n3)cc12. The van der Waals surface area contributed by atoms with E-state index in [1.165, 1.54) is 0 Å². The normalized spacial score (nSPS) is 17.7. The van der Waals surface area contributed by atoms with Crippen LogP contribution >= 0.6 is 0 Å². The molecule has 1 aliphatic rings. The third kappa shape index (κ3) is 3.46. The average molecular weight is 418 g/mol. The summed E-state index contributed by atoms with van der Waals surface area (Å²) in [4.78, 5) is 27.0. The summed E-state index contributed by atoms with van der Waals surface area (Å²) in [6, 6.07) is 7.97. The highest BCUT2D eigenvalue weighted by atomic mass is 16.1. The second kappa shape index (κ2) is 7.46. The number of aromatic nitrogens is 5. The van der Waals surface area contributed by atoms with Gasteiger partial charge >= 0.3 is 0 Å². The second-order valence-electron chi connectivity index (χ2n) is 8.41. The molecule has 1 atom stereocenters. The van der Waals surface area contributed by atoms with Gasteiger partial charge in [0.15, 0.2) is 0 Å². The van der Waals surface area contributed by atoms with Crippen LogP contribution in [0.3, 0.4) is 0 Å². The molecule has 1 aliphatic heterocycles. The highest BCUT2D eigenvalue weighted by Crippen LogP contribution is 2.22. The number of hydrogen-bond donors (Lipinski definition) is 0. The van der Waals surface area contributed by atoms with Crippen molar-refractivity contribution in [2.45, 2.75) is 33.2 Å². The Morgan fingerprint density at radius 1 is 1.10 bits per heavy atom. The molecule has 1 saturated heterocycles. The summed E-state index contributed by atoms with van der Waals surface area (Å²) in [5.41, 5.74) is 5.67. The number of anilines is 1. The molecule has 0 amide bonds. The Labute approximate surface area is 180 Å². The van der Waals surface area contributed by atoms with E-state index in [0.717, 1.165) is 48.6 Å². The lowest BCUT2D eigenvalue weighted by molar-refractivity contribution is 0.234. The molecule has 31 heavy (non-hydrogen) atoms. The monoisotopic (exact) mass is 417 g/mol. The molecule has 5 rings (SSSR count). The first-order valence-corrected chi connectivity index (χ1v) is 10.8.